The zero-order valence-corrected chi connectivity index (χ0v) is 19.6. The van der Waals surface area contributed by atoms with Gasteiger partial charge in [0.15, 0.2) is 11.0 Å². The van der Waals surface area contributed by atoms with Crippen molar-refractivity contribution in [3.8, 4) is 11.4 Å². The van der Waals surface area contributed by atoms with Gasteiger partial charge in [-0.15, -0.1) is 22.6 Å². The minimum absolute atomic E-state index is 0. The fraction of sp³-hybridized carbons (Fsp3) is 0.391. The first kappa shape index (κ1) is 23.6. The maximum Gasteiger partial charge on any atom is 0.195 e. The van der Waals surface area contributed by atoms with Crippen LogP contribution in [0.5, 0.6) is 5.75 Å². The fourth-order valence-electron chi connectivity index (χ4n) is 3.46. The average Bonchev–Trinajstić information content (AvgIpc) is 3.16. The van der Waals surface area contributed by atoms with Gasteiger partial charge in [-0.05, 0) is 49.2 Å². The fourth-order valence-corrected chi connectivity index (χ4v) is 4.43. The van der Waals surface area contributed by atoms with Crippen molar-refractivity contribution in [1.29, 1.82) is 0 Å². The Morgan fingerprint density at radius 2 is 1.74 bits per heavy atom. The van der Waals surface area contributed by atoms with Crippen LogP contribution in [-0.4, -0.2) is 58.3 Å². The molecule has 166 valence electrons. The van der Waals surface area contributed by atoms with Gasteiger partial charge in [0.25, 0.3) is 0 Å². The molecule has 6 nitrogen and oxygen atoms in total. The normalized spacial score (nSPS) is 14.3. The highest BCUT2D eigenvalue weighted by atomic mass is 35.5. The first-order valence-electron chi connectivity index (χ1n) is 10.3. The van der Waals surface area contributed by atoms with Gasteiger partial charge in [0.1, 0.15) is 12.4 Å². The van der Waals surface area contributed by atoms with Crippen LogP contribution < -0.4 is 4.74 Å². The van der Waals surface area contributed by atoms with E-state index in [4.69, 9.17) is 9.47 Å². The monoisotopic (exact) mass is 460 g/mol. The zero-order chi connectivity index (χ0) is 20.8. The summed E-state index contributed by atoms with van der Waals surface area (Å²) < 4.78 is 13.6. The Labute approximate surface area is 194 Å². The molecule has 1 aliphatic rings. The van der Waals surface area contributed by atoms with Gasteiger partial charge in [-0.2, -0.15) is 0 Å². The van der Waals surface area contributed by atoms with E-state index in [9.17, 15) is 0 Å². The molecule has 0 aliphatic carbocycles. The quantitative estimate of drug-likeness (QED) is 0.467. The smallest absolute Gasteiger partial charge is 0.195 e. The molecule has 0 unspecified atom stereocenters. The van der Waals surface area contributed by atoms with Crippen LogP contribution in [-0.2, 0) is 11.3 Å². The number of halogens is 1. The van der Waals surface area contributed by atoms with E-state index < -0.39 is 0 Å². The Morgan fingerprint density at radius 3 is 2.48 bits per heavy atom. The molecule has 31 heavy (non-hydrogen) atoms. The zero-order valence-electron chi connectivity index (χ0n) is 18.0. The molecular weight excluding hydrogens is 432 g/mol. The molecule has 1 aromatic heterocycles. The number of hydrogen-bond donors (Lipinski definition) is 0. The molecule has 0 saturated carbocycles. The van der Waals surface area contributed by atoms with Gasteiger partial charge in [0.2, 0.25) is 0 Å². The third-order valence-corrected chi connectivity index (χ3v) is 5.97. The summed E-state index contributed by atoms with van der Waals surface area (Å²) in [5.74, 6) is 2.61. The maximum absolute atomic E-state index is 6.02. The Bertz CT molecular complexity index is 976. The van der Waals surface area contributed by atoms with Crippen LogP contribution in [0.15, 0.2) is 53.7 Å². The van der Waals surface area contributed by atoms with Gasteiger partial charge in [-0.25, -0.2) is 0 Å². The summed E-state index contributed by atoms with van der Waals surface area (Å²) in [6, 6.07) is 16.5. The van der Waals surface area contributed by atoms with E-state index in [0.717, 1.165) is 61.0 Å². The van der Waals surface area contributed by atoms with Gasteiger partial charge in [-0.3, -0.25) is 9.47 Å². The average molecular weight is 461 g/mol. The topological polar surface area (TPSA) is 52.4 Å². The number of hydrogen-bond acceptors (Lipinski definition) is 6. The van der Waals surface area contributed by atoms with Crippen LogP contribution in [0.4, 0.5) is 0 Å². The number of aryl methyl sites for hydroxylation is 2. The molecule has 0 atom stereocenters. The van der Waals surface area contributed by atoms with Crippen molar-refractivity contribution in [3.05, 3.63) is 65.5 Å². The molecule has 8 heteroatoms. The van der Waals surface area contributed by atoms with E-state index in [1.165, 1.54) is 11.1 Å². The first-order chi connectivity index (χ1) is 14.7. The molecule has 0 amide bonds. The van der Waals surface area contributed by atoms with Crippen LogP contribution in [0.2, 0.25) is 0 Å². The van der Waals surface area contributed by atoms with Crippen LogP contribution in [0, 0.1) is 13.8 Å². The number of rotatable bonds is 8. The molecule has 4 rings (SSSR count). The maximum atomic E-state index is 6.02. The van der Waals surface area contributed by atoms with Gasteiger partial charge >= 0.3 is 0 Å². The van der Waals surface area contributed by atoms with E-state index in [-0.39, 0.29) is 12.4 Å². The highest BCUT2D eigenvalue weighted by Gasteiger charge is 2.17. The van der Waals surface area contributed by atoms with Crippen LogP contribution in [0.3, 0.4) is 0 Å². The molecule has 1 fully saturated rings. The second kappa shape index (κ2) is 11.5. The number of ether oxygens (including phenoxy) is 2. The molecule has 1 aliphatic heterocycles. The second-order valence-electron chi connectivity index (χ2n) is 7.48. The van der Waals surface area contributed by atoms with Crippen LogP contribution in [0.1, 0.15) is 17.0 Å². The van der Waals surface area contributed by atoms with Gasteiger partial charge in [0.05, 0.1) is 13.2 Å². The Morgan fingerprint density at radius 1 is 1.00 bits per heavy atom. The van der Waals surface area contributed by atoms with Crippen molar-refractivity contribution in [2.45, 2.75) is 25.6 Å². The lowest BCUT2D eigenvalue weighted by atomic mass is 10.2. The van der Waals surface area contributed by atoms with Gasteiger partial charge in [0, 0.05) is 31.1 Å². The highest BCUT2D eigenvalue weighted by Crippen LogP contribution is 2.24. The summed E-state index contributed by atoms with van der Waals surface area (Å²) in [6.07, 6.45) is 0. The Kier molecular flexibility index (Phi) is 8.78. The number of aromatic nitrogens is 3. The van der Waals surface area contributed by atoms with Crippen molar-refractivity contribution >= 4 is 24.2 Å². The second-order valence-corrected chi connectivity index (χ2v) is 8.54. The van der Waals surface area contributed by atoms with Crippen molar-refractivity contribution < 1.29 is 9.47 Å². The van der Waals surface area contributed by atoms with Crippen molar-refractivity contribution in [2.24, 2.45) is 0 Å². The number of morpholine rings is 1. The summed E-state index contributed by atoms with van der Waals surface area (Å²) in [5.41, 5.74) is 3.44. The molecule has 0 N–H and O–H groups in total. The van der Waals surface area contributed by atoms with Crippen molar-refractivity contribution in [2.75, 3.05) is 38.6 Å². The Balaban J connectivity index is 0.00000272. The van der Waals surface area contributed by atoms with E-state index in [2.05, 4.69) is 63.8 Å². The van der Waals surface area contributed by atoms with Crippen molar-refractivity contribution in [1.82, 2.24) is 19.7 Å². The minimum atomic E-state index is 0. The summed E-state index contributed by atoms with van der Waals surface area (Å²) in [4.78, 5) is 2.44. The summed E-state index contributed by atoms with van der Waals surface area (Å²) >= 11 is 1.74. The molecule has 0 spiro atoms. The molecule has 2 heterocycles. The molecule has 1 saturated heterocycles. The minimum Gasteiger partial charge on any atom is -0.486 e. The molecule has 2 aromatic carbocycles. The van der Waals surface area contributed by atoms with Gasteiger partial charge < -0.3 is 9.47 Å². The highest BCUT2D eigenvalue weighted by molar-refractivity contribution is 7.99. The summed E-state index contributed by atoms with van der Waals surface area (Å²) in [6.45, 7) is 9.20. The number of nitrogens with zero attached hydrogens (tertiary/aromatic N) is 4. The van der Waals surface area contributed by atoms with E-state index in [0.29, 0.717) is 6.61 Å². The number of thioether (sulfide) groups is 1. The largest absolute Gasteiger partial charge is 0.486 e. The number of benzene rings is 2. The van der Waals surface area contributed by atoms with Gasteiger partial charge in [-0.1, -0.05) is 36.0 Å². The lowest BCUT2D eigenvalue weighted by Crippen LogP contribution is -2.37. The molecule has 0 bridgehead atoms. The predicted octanol–water partition coefficient (Wildman–Crippen LogP) is 4.31. The van der Waals surface area contributed by atoms with E-state index in [1.54, 1.807) is 11.8 Å². The van der Waals surface area contributed by atoms with Crippen LogP contribution >= 0.6 is 24.2 Å². The third-order valence-electron chi connectivity index (χ3n) is 5.06. The molecule has 0 radical (unpaired) electrons. The lowest BCUT2D eigenvalue weighted by molar-refractivity contribution is 0.0410. The molecular formula is C23H29ClN4O2S. The summed E-state index contributed by atoms with van der Waals surface area (Å²) in [7, 11) is 0. The Hall–Kier alpha value is -2.06. The van der Waals surface area contributed by atoms with Crippen LogP contribution in [0.25, 0.3) is 5.69 Å². The third kappa shape index (κ3) is 6.46. The van der Waals surface area contributed by atoms with E-state index >= 15 is 0 Å². The first-order valence-corrected chi connectivity index (χ1v) is 11.3. The predicted molar refractivity (Wildman–Crippen MR) is 127 cm³/mol. The van der Waals surface area contributed by atoms with Crippen molar-refractivity contribution in [3.63, 3.8) is 0 Å². The summed E-state index contributed by atoms with van der Waals surface area (Å²) in [5, 5.41) is 9.85. The SMILES string of the molecule is Cc1cccc(OCc2nnc(SCCN3CCOCC3)n2-c2cccc(C)c2)c1.Cl. The molecule has 3 aromatic rings. The standard InChI is InChI=1S/C23H28N4O2S.ClH/c1-18-5-3-7-20(15-18)27-22(17-29-21-8-4-6-19(2)16-21)24-25-23(27)30-14-11-26-9-12-28-13-10-26;/h3-8,15-16H,9-14,17H2,1-2H3;1H. The lowest BCUT2D eigenvalue weighted by Gasteiger charge is -2.26. The van der Waals surface area contributed by atoms with E-state index in [1.807, 2.05) is 18.2 Å².